The number of anilines is 2. The van der Waals surface area contributed by atoms with Crippen molar-refractivity contribution in [2.24, 2.45) is 0 Å². The molecule has 8 heteroatoms. The SMILES string of the molecule is Nc1cccc(N2CCN(S(=O)(=O)C(F)F)CC2)c1. The fraction of sp³-hybridized carbons (Fsp3) is 0.455. The van der Waals surface area contributed by atoms with Crippen molar-refractivity contribution < 1.29 is 17.2 Å². The average molecular weight is 291 g/mol. The lowest BCUT2D eigenvalue weighted by Crippen LogP contribution is -2.50. The van der Waals surface area contributed by atoms with Gasteiger partial charge in [-0.3, -0.25) is 0 Å². The summed E-state index contributed by atoms with van der Waals surface area (Å²) in [4.78, 5) is 1.92. The lowest BCUT2D eigenvalue weighted by molar-refractivity contribution is 0.217. The minimum Gasteiger partial charge on any atom is -0.399 e. The summed E-state index contributed by atoms with van der Waals surface area (Å²) < 4.78 is 48.3. The fourth-order valence-electron chi connectivity index (χ4n) is 2.03. The number of benzene rings is 1. The molecule has 1 aromatic carbocycles. The Kier molecular flexibility index (Phi) is 3.91. The number of nitrogen functional groups attached to an aromatic ring is 1. The van der Waals surface area contributed by atoms with Crippen LogP contribution in [0.25, 0.3) is 0 Å². The highest BCUT2D eigenvalue weighted by Crippen LogP contribution is 2.21. The minimum absolute atomic E-state index is 0.0570. The Bertz CT molecular complexity index is 543. The molecule has 1 aliphatic rings. The molecule has 1 fully saturated rings. The van der Waals surface area contributed by atoms with Gasteiger partial charge in [-0.05, 0) is 18.2 Å². The Morgan fingerprint density at radius 3 is 2.32 bits per heavy atom. The van der Waals surface area contributed by atoms with E-state index in [1.807, 2.05) is 11.0 Å². The first-order chi connectivity index (χ1) is 8.91. The smallest absolute Gasteiger partial charge is 0.350 e. The van der Waals surface area contributed by atoms with E-state index in [1.165, 1.54) is 0 Å². The zero-order chi connectivity index (χ0) is 14.0. The third kappa shape index (κ3) is 2.95. The highest BCUT2D eigenvalue weighted by Gasteiger charge is 2.34. The van der Waals surface area contributed by atoms with Crippen LogP contribution in [0.4, 0.5) is 20.2 Å². The van der Waals surface area contributed by atoms with Crippen LogP contribution in [0.15, 0.2) is 24.3 Å². The molecule has 0 aromatic heterocycles. The molecule has 1 aromatic rings. The Labute approximate surface area is 110 Å². The van der Waals surface area contributed by atoms with Gasteiger partial charge in [0.15, 0.2) is 0 Å². The van der Waals surface area contributed by atoms with E-state index >= 15 is 0 Å². The normalized spacial score (nSPS) is 17.9. The van der Waals surface area contributed by atoms with Gasteiger partial charge < -0.3 is 10.6 Å². The van der Waals surface area contributed by atoms with Crippen LogP contribution in [-0.4, -0.2) is 44.7 Å². The number of piperazine rings is 1. The summed E-state index contributed by atoms with van der Waals surface area (Å²) in [5.41, 5.74) is 7.15. The summed E-state index contributed by atoms with van der Waals surface area (Å²) in [5.74, 6) is -3.36. The molecular weight excluding hydrogens is 276 g/mol. The maximum absolute atomic E-state index is 12.4. The third-order valence-electron chi connectivity index (χ3n) is 3.06. The highest BCUT2D eigenvalue weighted by molar-refractivity contribution is 7.89. The molecule has 0 radical (unpaired) electrons. The van der Waals surface area contributed by atoms with Gasteiger partial charge in [0.1, 0.15) is 0 Å². The minimum atomic E-state index is -4.47. The van der Waals surface area contributed by atoms with E-state index in [4.69, 9.17) is 5.73 Å². The van der Waals surface area contributed by atoms with Gasteiger partial charge in [-0.2, -0.15) is 13.1 Å². The van der Waals surface area contributed by atoms with Crippen LogP contribution in [0.3, 0.4) is 0 Å². The number of nitrogens with zero attached hydrogens (tertiary/aromatic N) is 2. The largest absolute Gasteiger partial charge is 0.399 e. The van der Waals surface area contributed by atoms with Gasteiger partial charge in [0.2, 0.25) is 0 Å². The standard InChI is InChI=1S/C11H15F2N3O2S/c12-11(13)19(17,18)16-6-4-15(5-7-16)10-3-1-2-9(14)8-10/h1-3,8,11H,4-7,14H2. The lowest BCUT2D eigenvalue weighted by atomic mass is 10.2. The van der Waals surface area contributed by atoms with Gasteiger partial charge in [-0.25, -0.2) is 8.42 Å². The summed E-state index contributed by atoms with van der Waals surface area (Å²) in [6.07, 6.45) is 0. The zero-order valence-corrected chi connectivity index (χ0v) is 11.0. The average Bonchev–Trinajstić information content (AvgIpc) is 2.38. The first-order valence-corrected chi connectivity index (χ1v) is 7.29. The van der Waals surface area contributed by atoms with E-state index in [2.05, 4.69) is 0 Å². The third-order valence-corrected chi connectivity index (χ3v) is 4.59. The van der Waals surface area contributed by atoms with E-state index in [0.717, 1.165) is 9.99 Å². The number of nitrogens with two attached hydrogens (primary N) is 1. The number of hydrogen-bond acceptors (Lipinski definition) is 4. The van der Waals surface area contributed by atoms with Gasteiger partial charge in [-0.1, -0.05) is 6.07 Å². The zero-order valence-electron chi connectivity index (χ0n) is 10.2. The summed E-state index contributed by atoms with van der Waals surface area (Å²) in [7, 11) is -4.47. The lowest BCUT2D eigenvalue weighted by Gasteiger charge is -2.35. The Hall–Kier alpha value is -1.41. The molecule has 0 atom stereocenters. The topological polar surface area (TPSA) is 66.6 Å². The van der Waals surface area contributed by atoms with Crippen LogP contribution in [0, 0.1) is 0 Å². The van der Waals surface area contributed by atoms with Crippen molar-refractivity contribution in [3.63, 3.8) is 0 Å². The van der Waals surface area contributed by atoms with Crippen LogP contribution in [0.2, 0.25) is 0 Å². The van der Waals surface area contributed by atoms with Crippen LogP contribution in [0.1, 0.15) is 0 Å². The molecule has 1 heterocycles. The molecule has 0 bridgehead atoms. The van der Waals surface area contributed by atoms with Crippen LogP contribution in [-0.2, 0) is 10.0 Å². The molecule has 19 heavy (non-hydrogen) atoms. The fourth-order valence-corrected chi connectivity index (χ4v) is 2.93. The van der Waals surface area contributed by atoms with E-state index in [0.29, 0.717) is 18.8 Å². The Morgan fingerprint density at radius 2 is 1.79 bits per heavy atom. The van der Waals surface area contributed by atoms with Gasteiger partial charge in [-0.15, -0.1) is 0 Å². The quantitative estimate of drug-likeness (QED) is 0.842. The Balaban J connectivity index is 2.04. The molecule has 0 aliphatic carbocycles. The van der Waals surface area contributed by atoms with Crippen molar-refractivity contribution in [3.05, 3.63) is 24.3 Å². The number of alkyl halides is 2. The van der Waals surface area contributed by atoms with Crippen molar-refractivity contribution >= 4 is 21.4 Å². The van der Waals surface area contributed by atoms with Crippen molar-refractivity contribution in [1.29, 1.82) is 0 Å². The second-order valence-corrected chi connectivity index (χ2v) is 6.19. The predicted molar refractivity (Wildman–Crippen MR) is 69.6 cm³/mol. The molecule has 0 saturated carbocycles. The molecule has 1 aliphatic heterocycles. The summed E-state index contributed by atoms with van der Waals surface area (Å²) >= 11 is 0. The number of halogens is 2. The van der Waals surface area contributed by atoms with E-state index in [1.54, 1.807) is 18.2 Å². The number of rotatable bonds is 3. The molecule has 5 nitrogen and oxygen atoms in total. The second-order valence-electron chi connectivity index (χ2n) is 4.29. The Morgan fingerprint density at radius 1 is 1.16 bits per heavy atom. The first kappa shape index (κ1) is 14.0. The summed E-state index contributed by atoms with van der Waals surface area (Å²) in [5, 5.41) is 0. The van der Waals surface area contributed by atoms with Crippen molar-refractivity contribution in [3.8, 4) is 0 Å². The van der Waals surface area contributed by atoms with Gasteiger partial charge >= 0.3 is 5.76 Å². The van der Waals surface area contributed by atoms with Gasteiger partial charge in [0.25, 0.3) is 10.0 Å². The van der Waals surface area contributed by atoms with Crippen LogP contribution in [0.5, 0.6) is 0 Å². The number of hydrogen-bond donors (Lipinski definition) is 1. The molecule has 106 valence electrons. The van der Waals surface area contributed by atoms with Crippen molar-refractivity contribution in [1.82, 2.24) is 4.31 Å². The van der Waals surface area contributed by atoms with Crippen LogP contribution >= 0.6 is 0 Å². The van der Waals surface area contributed by atoms with E-state index < -0.39 is 15.8 Å². The molecule has 0 amide bonds. The second kappa shape index (κ2) is 5.30. The molecule has 1 saturated heterocycles. The summed E-state index contributed by atoms with van der Waals surface area (Å²) in [6.45, 7) is 0.855. The van der Waals surface area contributed by atoms with Crippen molar-refractivity contribution in [2.75, 3.05) is 36.8 Å². The molecule has 2 N–H and O–H groups in total. The first-order valence-electron chi connectivity index (χ1n) is 5.79. The van der Waals surface area contributed by atoms with Gasteiger partial charge in [0.05, 0.1) is 0 Å². The molecular formula is C11H15F2N3O2S. The van der Waals surface area contributed by atoms with E-state index in [9.17, 15) is 17.2 Å². The maximum Gasteiger partial charge on any atom is 0.350 e. The van der Waals surface area contributed by atoms with Crippen molar-refractivity contribution in [2.45, 2.75) is 5.76 Å². The van der Waals surface area contributed by atoms with E-state index in [-0.39, 0.29) is 13.1 Å². The maximum atomic E-state index is 12.4. The summed E-state index contributed by atoms with van der Waals surface area (Å²) in [6, 6.07) is 7.18. The van der Waals surface area contributed by atoms with Gasteiger partial charge in [0, 0.05) is 37.6 Å². The monoisotopic (exact) mass is 291 g/mol. The molecule has 0 unspecified atom stereocenters. The van der Waals surface area contributed by atoms with Crippen LogP contribution < -0.4 is 10.6 Å². The molecule has 0 spiro atoms. The molecule has 2 rings (SSSR count). The highest BCUT2D eigenvalue weighted by atomic mass is 32.2. The number of sulfonamides is 1. The predicted octanol–water partition coefficient (Wildman–Crippen LogP) is 0.943.